The molecule has 2 nitrogen and oxygen atoms in total. The molecule has 1 aromatic rings. The highest BCUT2D eigenvalue weighted by Gasteiger charge is 1.90. The van der Waals surface area contributed by atoms with Crippen molar-refractivity contribution in [2.24, 2.45) is 0 Å². The van der Waals surface area contributed by atoms with Crippen molar-refractivity contribution in [2.45, 2.75) is 0 Å². The molecule has 0 fully saturated rings. The summed E-state index contributed by atoms with van der Waals surface area (Å²) in [6.07, 6.45) is 4.27. The molecule has 0 radical (unpaired) electrons. The number of carbonyl (C=O) groups excluding carboxylic acids is 1. The van der Waals surface area contributed by atoms with E-state index in [-0.39, 0.29) is 11.5 Å². The third-order valence-electron chi connectivity index (χ3n) is 1.51. The van der Waals surface area contributed by atoms with Crippen molar-refractivity contribution in [3.05, 3.63) is 48.6 Å². The van der Waals surface area contributed by atoms with Gasteiger partial charge in [0, 0.05) is 0 Å². The van der Waals surface area contributed by atoms with Crippen LogP contribution in [0.3, 0.4) is 0 Å². The molecule has 0 aliphatic heterocycles. The van der Waals surface area contributed by atoms with Gasteiger partial charge in [-0.05, 0) is 29.8 Å². The van der Waals surface area contributed by atoms with Gasteiger partial charge in [-0.25, -0.2) is 0 Å². The van der Waals surface area contributed by atoms with Crippen molar-refractivity contribution >= 4 is 11.9 Å². The Morgan fingerprint density at radius 3 is 2.85 bits per heavy atom. The summed E-state index contributed by atoms with van der Waals surface area (Å²) in [5, 5.41) is 9.10. The van der Waals surface area contributed by atoms with E-state index in [0.717, 1.165) is 5.56 Å². The molecule has 0 aliphatic rings. The highest BCUT2D eigenvalue weighted by molar-refractivity contribution is 6.01. The van der Waals surface area contributed by atoms with Crippen LogP contribution in [0.1, 0.15) is 5.56 Å². The van der Waals surface area contributed by atoms with E-state index in [1.165, 1.54) is 12.2 Å². The number of carbonyl (C=O) groups is 1. The number of allylic oxidation sites excluding steroid dienone is 2. The summed E-state index contributed by atoms with van der Waals surface area (Å²) >= 11 is 0. The van der Waals surface area contributed by atoms with Gasteiger partial charge in [0.1, 0.15) is 5.75 Å². The molecule has 66 valence electrons. The topological polar surface area (TPSA) is 37.3 Å². The van der Waals surface area contributed by atoms with E-state index >= 15 is 0 Å². The van der Waals surface area contributed by atoms with E-state index in [1.54, 1.807) is 30.3 Å². The lowest BCUT2D eigenvalue weighted by Crippen LogP contribution is -1.82. The highest BCUT2D eigenvalue weighted by Crippen LogP contribution is 2.11. The lowest BCUT2D eigenvalue weighted by Gasteiger charge is -1.93. The molecule has 0 unspecified atom stereocenters. The zero-order chi connectivity index (χ0) is 9.68. The van der Waals surface area contributed by atoms with Crippen molar-refractivity contribution in [2.75, 3.05) is 0 Å². The smallest absolute Gasteiger partial charge is 0.178 e. The first kappa shape index (κ1) is 9.26. The van der Waals surface area contributed by atoms with E-state index in [1.807, 2.05) is 0 Å². The molecule has 0 amide bonds. The van der Waals surface area contributed by atoms with Gasteiger partial charge in [-0.2, -0.15) is 0 Å². The second-order valence-corrected chi connectivity index (χ2v) is 2.53. The second-order valence-electron chi connectivity index (χ2n) is 2.53. The van der Waals surface area contributed by atoms with Gasteiger partial charge >= 0.3 is 0 Å². The fraction of sp³-hybridized carbons (Fsp3) is 0. The van der Waals surface area contributed by atoms with Crippen LogP contribution in [0.25, 0.3) is 6.08 Å². The molecule has 0 atom stereocenters. The Labute approximate surface area is 76.8 Å². The van der Waals surface area contributed by atoms with Crippen LogP contribution in [0.4, 0.5) is 0 Å². The first-order chi connectivity index (χ1) is 6.22. The molecule has 0 heterocycles. The molecule has 0 saturated heterocycles. The number of hydrogen-bond donors (Lipinski definition) is 1. The van der Waals surface area contributed by atoms with Crippen LogP contribution >= 0.6 is 0 Å². The average Bonchev–Trinajstić information content (AvgIpc) is 2.14. The minimum Gasteiger partial charge on any atom is -0.508 e. The predicted octanol–water partition coefficient (Wildman–Crippen LogP) is 2.16. The molecule has 0 saturated carbocycles. The van der Waals surface area contributed by atoms with Crippen molar-refractivity contribution in [1.82, 2.24) is 0 Å². The quantitative estimate of drug-likeness (QED) is 0.713. The lowest BCUT2D eigenvalue weighted by molar-refractivity contribution is -0.110. The van der Waals surface area contributed by atoms with Gasteiger partial charge < -0.3 is 5.11 Å². The number of hydrogen-bond acceptors (Lipinski definition) is 2. The van der Waals surface area contributed by atoms with Gasteiger partial charge in [-0.3, -0.25) is 4.79 Å². The van der Waals surface area contributed by atoms with E-state index < -0.39 is 0 Å². The van der Waals surface area contributed by atoms with E-state index in [9.17, 15) is 4.79 Å². The first-order valence-electron chi connectivity index (χ1n) is 3.86. The third kappa shape index (κ3) is 2.95. The molecule has 0 spiro atoms. The van der Waals surface area contributed by atoms with E-state index in [4.69, 9.17) is 5.11 Å². The fourth-order valence-corrected chi connectivity index (χ4v) is 0.875. The molecule has 0 bridgehead atoms. The number of phenols is 1. The zero-order valence-corrected chi connectivity index (χ0v) is 7.10. The number of benzene rings is 1. The predicted molar refractivity (Wildman–Crippen MR) is 52.3 cm³/mol. The average molecular weight is 174 g/mol. The Morgan fingerprint density at radius 1 is 1.46 bits per heavy atom. The van der Waals surface area contributed by atoms with E-state index in [2.05, 4.69) is 6.58 Å². The Kier molecular flexibility index (Phi) is 3.03. The summed E-state index contributed by atoms with van der Waals surface area (Å²) in [6, 6.07) is 6.67. The molecule has 1 aromatic carbocycles. The van der Waals surface area contributed by atoms with Crippen LogP contribution in [-0.2, 0) is 4.79 Å². The SMILES string of the molecule is C=CC(=O)C=Cc1cccc(O)c1. The Hall–Kier alpha value is -1.83. The van der Waals surface area contributed by atoms with Crippen molar-refractivity contribution in [3.63, 3.8) is 0 Å². The summed E-state index contributed by atoms with van der Waals surface area (Å²) in [4.78, 5) is 10.8. The Bertz CT molecular complexity index is 351. The minimum atomic E-state index is -0.150. The summed E-state index contributed by atoms with van der Waals surface area (Å²) in [6.45, 7) is 3.34. The normalized spacial score (nSPS) is 10.2. The van der Waals surface area contributed by atoms with Gasteiger partial charge in [0.25, 0.3) is 0 Å². The van der Waals surface area contributed by atoms with Gasteiger partial charge in [-0.1, -0.05) is 24.8 Å². The van der Waals surface area contributed by atoms with Crippen molar-refractivity contribution in [1.29, 1.82) is 0 Å². The van der Waals surface area contributed by atoms with E-state index in [0.29, 0.717) is 0 Å². The molecule has 0 aromatic heterocycles. The van der Waals surface area contributed by atoms with Crippen LogP contribution in [0, 0.1) is 0 Å². The molecular weight excluding hydrogens is 164 g/mol. The number of rotatable bonds is 3. The first-order valence-corrected chi connectivity index (χ1v) is 3.86. The lowest BCUT2D eigenvalue weighted by atomic mass is 10.2. The highest BCUT2D eigenvalue weighted by atomic mass is 16.3. The molecular formula is C11H10O2. The zero-order valence-electron chi connectivity index (χ0n) is 7.10. The minimum absolute atomic E-state index is 0.150. The van der Waals surface area contributed by atoms with Gasteiger partial charge in [0.05, 0.1) is 0 Å². The molecule has 1 rings (SSSR count). The van der Waals surface area contributed by atoms with Crippen LogP contribution in [-0.4, -0.2) is 10.9 Å². The monoisotopic (exact) mass is 174 g/mol. The molecule has 2 heteroatoms. The standard InChI is InChI=1S/C11H10O2/c1-2-10(12)7-6-9-4-3-5-11(13)8-9/h2-8,13H,1H2. The Morgan fingerprint density at radius 2 is 2.23 bits per heavy atom. The van der Waals surface area contributed by atoms with Gasteiger partial charge in [0.15, 0.2) is 5.78 Å². The number of ketones is 1. The van der Waals surface area contributed by atoms with Crippen LogP contribution in [0.2, 0.25) is 0 Å². The fourth-order valence-electron chi connectivity index (χ4n) is 0.875. The van der Waals surface area contributed by atoms with Crippen molar-refractivity contribution < 1.29 is 9.90 Å². The van der Waals surface area contributed by atoms with Crippen LogP contribution in [0.5, 0.6) is 5.75 Å². The van der Waals surface area contributed by atoms with Crippen LogP contribution in [0.15, 0.2) is 43.0 Å². The third-order valence-corrected chi connectivity index (χ3v) is 1.51. The second kappa shape index (κ2) is 4.26. The Balaban J connectivity index is 2.79. The maximum atomic E-state index is 10.8. The van der Waals surface area contributed by atoms with Crippen molar-refractivity contribution in [3.8, 4) is 5.75 Å². The molecule has 13 heavy (non-hydrogen) atoms. The molecule has 0 aliphatic carbocycles. The van der Waals surface area contributed by atoms with Gasteiger partial charge in [0.2, 0.25) is 0 Å². The summed E-state index contributed by atoms with van der Waals surface area (Å²) in [7, 11) is 0. The summed E-state index contributed by atoms with van der Waals surface area (Å²) in [5.74, 6) is 0.0385. The summed E-state index contributed by atoms with van der Waals surface area (Å²) < 4.78 is 0. The van der Waals surface area contributed by atoms with Gasteiger partial charge in [-0.15, -0.1) is 0 Å². The molecule has 1 N–H and O–H groups in total. The summed E-state index contributed by atoms with van der Waals surface area (Å²) in [5.41, 5.74) is 0.787. The maximum Gasteiger partial charge on any atom is 0.178 e. The van der Waals surface area contributed by atoms with Crippen LogP contribution < -0.4 is 0 Å². The number of aromatic hydroxyl groups is 1. The maximum absolute atomic E-state index is 10.8. The number of phenolic OH excluding ortho intramolecular Hbond substituents is 1. The largest absolute Gasteiger partial charge is 0.508 e.